The molecule has 2 aromatic carbocycles. The summed E-state index contributed by atoms with van der Waals surface area (Å²) in [6.07, 6.45) is 1.06. The SMILES string of the molecule is CCc1cccc(-n2nc(C)c3c2NC(=O)C[C@@H]3C(=O)c2ccccc2)c1. The molecule has 0 aliphatic carbocycles. The molecule has 0 fully saturated rings. The number of nitrogens with one attached hydrogen (secondary N) is 1. The van der Waals surface area contributed by atoms with Gasteiger partial charge in [-0.1, -0.05) is 49.4 Å². The van der Waals surface area contributed by atoms with Gasteiger partial charge in [0.15, 0.2) is 5.78 Å². The molecule has 136 valence electrons. The van der Waals surface area contributed by atoms with Gasteiger partial charge in [-0.15, -0.1) is 0 Å². The van der Waals surface area contributed by atoms with Gasteiger partial charge in [0, 0.05) is 17.5 Å². The van der Waals surface area contributed by atoms with Crippen LogP contribution in [0.4, 0.5) is 5.82 Å². The summed E-state index contributed by atoms with van der Waals surface area (Å²) in [6, 6.07) is 17.2. The number of carbonyl (C=O) groups is 2. The molecule has 1 amide bonds. The normalized spacial score (nSPS) is 15.9. The minimum atomic E-state index is -0.515. The molecule has 0 spiro atoms. The summed E-state index contributed by atoms with van der Waals surface area (Å²) in [5.74, 6) is -0.119. The topological polar surface area (TPSA) is 64.0 Å². The van der Waals surface area contributed by atoms with Crippen molar-refractivity contribution >= 4 is 17.5 Å². The van der Waals surface area contributed by atoms with Gasteiger partial charge in [0.1, 0.15) is 5.82 Å². The number of hydrogen-bond donors (Lipinski definition) is 1. The zero-order valence-electron chi connectivity index (χ0n) is 15.4. The van der Waals surface area contributed by atoms with Gasteiger partial charge in [-0.2, -0.15) is 5.10 Å². The summed E-state index contributed by atoms with van der Waals surface area (Å²) in [6.45, 7) is 3.99. The van der Waals surface area contributed by atoms with Crippen LogP contribution in [0.5, 0.6) is 0 Å². The maximum absolute atomic E-state index is 13.1. The first-order valence-corrected chi connectivity index (χ1v) is 9.16. The van der Waals surface area contributed by atoms with Gasteiger partial charge in [-0.05, 0) is 31.0 Å². The van der Waals surface area contributed by atoms with E-state index in [1.165, 1.54) is 5.56 Å². The van der Waals surface area contributed by atoms with Crippen LogP contribution in [0.1, 0.15) is 46.4 Å². The average molecular weight is 359 g/mol. The summed E-state index contributed by atoms with van der Waals surface area (Å²) in [7, 11) is 0. The van der Waals surface area contributed by atoms with E-state index in [4.69, 9.17) is 0 Å². The molecule has 3 aromatic rings. The number of aryl methyl sites for hydroxylation is 2. The lowest BCUT2D eigenvalue weighted by molar-refractivity contribution is -0.116. The number of Topliss-reactive ketones (excluding diaryl/α,β-unsaturated/α-hetero) is 1. The molecule has 5 nitrogen and oxygen atoms in total. The molecule has 0 saturated heterocycles. The van der Waals surface area contributed by atoms with E-state index in [-0.39, 0.29) is 18.1 Å². The van der Waals surface area contributed by atoms with Crippen LogP contribution < -0.4 is 5.32 Å². The highest BCUT2D eigenvalue weighted by Crippen LogP contribution is 2.38. The second kappa shape index (κ2) is 6.83. The Morgan fingerprint density at radius 2 is 1.96 bits per heavy atom. The Bertz CT molecular complexity index is 1020. The van der Waals surface area contributed by atoms with Crippen LogP contribution in [0, 0.1) is 6.92 Å². The second-order valence-electron chi connectivity index (χ2n) is 6.82. The quantitative estimate of drug-likeness (QED) is 0.715. The highest BCUT2D eigenvalue weighted by molar-refractivity contribution is 6.07. The van der Waals surface area contributed by atoms with Crippen molar-refractivity contribution in [3.8, 4) is 5.69 Å². The van der Waals surface area contributed by atoms with E-state index < -0.39 is 5.92 Å². The third-order valence-corrected chi connectivity index (χ3v) is 5.04. The monoisotopic (exact) mass is 359 g/mol. The summed E-state index contributed by atoms with van der Waals surface area (Å²) < 4.78 is 1.74. The predicted molar refractivity (Wildman–Crippen MR) is 104 cm³/mol. The molecule has 0 bridgehead atoms. The number of nitrogens with zero attached hydrogens (tertiary/aromatic N) is 2. The lowest BCUT2D eigenvalue weighted by Crippen LogP contribution is -2.28. The summed E-state index contributed by atoms with van der Waals surface area (Å²) in [4.78, 5) is 25.5. The summed E-state index contributed by atoms with van der Waals surface area (Å²) in [5.41, 5.74) is 4.26. The van der Waals surface area contributed by atoms with Crippen molar-refractivity contribution < 1.29 is 9.59 Å². The first-order valence-electron chi connectivity index (χ1n) is 9.16. The fraction of sp³-hybridized carbons (Fsp3) is 0.227. The number of rotatable bonds is 4. The lowest BCUT2D eigenvalue weighted by Gasteiger charge is -2.23. The molecule has 5 heteroatoms. The van der Waals surface area contributed by atoms with Crippen LogP contribution in [0.2, 0.25) is 0 Å². The summed E-state index contributed by atoms with van der Waals surface area (Å²) in [5, 5.41) is 7.58. The largest absolute Gasteiger partial charge is 0.310 e. The van der Waals surface area contributed by atoms with Crippen molar-refractivity contribution in [2.45, 2.75) is 32.6 Å². The number of fused-ring (bicyclic) bond motifs is 1. The first kappa shape index (κ1) is 17.2. The van der Waals surface area contributed by atoms with E-state index in [0.717, 1.165) is 23.4 Å². The van der Waals surface area contributed by atoms with Gasteiger partial charge in [0.25, 0.3) is 0 Å². The minimum Gasteiger partial charge on any atom is -0.310 e. The highest BCUT2D eigenvalue weighted by Gasteiger charge is 2.36. The highest BCUT2D eigenvalue weighted by atomic mass is 16.2. The Balaban J connectivity index is 1.82. The van der Waals surface area contributed by atoms with E-state index in [1.807, 2.05) is 37.3 Å². The number of aromatic nitrogens is 2. The molecular weight excluding hydrogens is 338 g/mol. The van der Waals surface area contributed by atoms with Crippen LogP contribution in [0.25, 0.3) is 5.69 Å². The molecular formula is C22H21N3O2. The van der Waals surface area contributed by atoms with Gasteiger partial charge in [0.05, 0.1) is 17.3 Å². The molecule has 0 unspecified atom stereocenters. The Morgan fingerprint density at radius 3 is 2.70 bits per heavy atom. The van der Waals surface area contributed by atoms with Crippen molar-refractivity contribution in [2.75, 3.05) is 5.32 Å². The Kier molecular flexibility index (Phi) is 4.36. The van der Waals surface area contributed by atoms with Crippen LogP contribution in [0.3, 0.4) is 0 Å². The van der Waals surface area contributed by atoms with Crippen LogP contribution in [-0.4, -0.2) is 21.5 Å². The first-order chi connectivity index (χ1) is 13.1. The van der Waals surface area contributed by atoms with Crippen molar-refractivity contribution in [3.63, 3.8) is 0 Å². The Hall–Kier alpha value is -3.21. The lowest BCUT2D eigenvalue weighted by atomic mass is 9.85. The number of amides is 1. The van der Waals surface area contributed by atoms with E-state index in [1.54, 1.807) is 16.8 Å². The van der Waals surface area contributed by atoms with Crippen molar-refractivity contribution in [2.24, 2.45) is 0 Å². The fourth-order valence-electron chi connectivity index (χ4n) is 3.67. The van der Waals surface area contributed by atoms with Gasteiger partial charge in [-0.25, -0.2) is 4.68 Å². The molecule has 0 saturated carbocycles. The Morgan fingerprint density at radius 1 is 1.19 bits per heavy atom. The number of carbonyl (C=O) groups excluding carboxylic acids is 2. The Labute approximate surface area is 158 Å². The van der Waals surface area contributed by atoms with Gasteiger partial charge >= 0.3 is 0 Å². The molecule has 4 rings (SSSR count). The fourth-order valence-corrected chi connectivity index (χ4v) is 3.67. The standard InChI is InChI=1S/C22H21N3O2/c1-3-15-8-7-11-17(12-15)25-22-20(14(2)24-25)18(13-19(26)23-22)21(27)16-9-5-4-6-10-16/h4-12,18H,3,13H2,1-2H3,(H,23,26)/t18-/m0/s1. The zero-order chi connectivity index (χ0) is 19.0. The number of anilines is 1. The summed E-state index contributed by atoms with van der Waals surface area (Å²) >= 11 is 0. The zero-order valence-corrected chi connectivity index (χ0v) is 15.4. The molecule has 1 aliphatic rings. The number of ketones is 1. The molecule has 1 atom stereocenters. The van der Waals surface area contributed by atoms with Crippen molar-refractivity contribution in [1.82, 2.24) is 9.78 Å². The smallest absolute Gasteiger partial charge is 0.226 e. The van der Waals surface area contributed by atoms with Crippen LogP contribution >= 0.6 is 0 Å². The third kappa shape index (κ3) is 3.05. The maximum atomic E-state index is 13.1. The van der Waals surface area contributed by atoms with Crippen LogP contribution in [-0.2, 0) is 11.2 Å². The number of benzene rings is 2. The molecule has 1 aliphatic heterocycles. The average Bonchev–Trinajstić information content (AvgIpc) is 3.04. The predicted octanol–water partition coefficient (Wildman–Crippen LogP) is 4.05. The van der Waals surface area contributed by atoms with E-state index >= 15 is 0 Å². The van der Waals surface area contributed by atoms with Gasteiger partial charge in [0.2, 0.25) is 5.91 Å². The molecule has 1 aromatic heterocycles. The van der Waals surface area contributed by atoms with E-state index in [2.05, 4.69) is 29.5 Å². The third-order valence-electron chi connectivity index (χ3n) is 5.04. The number of hydrogen-bond acceptors (Lipinski definition) is 3. The molecule has 1 N–H and O–H groups in total. The van der Waals surface area contributed by atoms with E-state index in [0.29, 0.717) is 11.4 Å². The van der Waals surface area contributed by atoms with Gasteiger partial charge < -0.3 is 5.32 Å². The van der Waals surface area contributed by atoms with Crippen molar-refractivity contribution in [1.29, 1.82) is 0 Å². The second-order valence-corrected chi connectivity index (χ2v) is 6.82. The van der Waals surface area contributed by atoms with Gasteiger partial charge in [-0.3, -0.25) is 9.59 Å². The van der Waals surface area contributed by atoms with Crippen molar-refractivity contribution in [3.05, 3.63) is 77.0 Å². The molecule has 27 heavy (non-hydrogen) atoms. The molecule has 2 heterocycles. The van der Waals surface area contributed by atoms with E-state index in [9.17, 15) is 9.59 Å². The maximum Gasteiger partial charge on any atom is 0.226 e. The minimum absolute atomic E-state index is 0.0448. The molecule has 0 radical (unpaired) electrons. The van der Waals surface area contributed by atoms with Crippen LogP contribution in [0.15, 0.2) is 54.6 Å².